The van der Waals surface area contributed by atoms with Crippen molar-refractivity contribution in [2.45, 2.75) is 45.4 Å². The highest BCUT2D eigenvalue weighted by atomic mass is 16.5. The number of carbonyl (C=O) groups excluding carboxylic acids is 2. The van der Waals surface area contributed by atoms with Crippen LogP contribution in [0.4, 0.5) is 0 Å². The Kier molecular flexibility index (Phi) is 7.48. The summed E-state index contributed by atoms with van der Waals surface area (Å²) in [5.41, 5.74) is 0. The van der Waals surface area contributed by atoms with Gasteiger partial charge in [0.05, 0.1) is 25.0 Å². The first-order valence-electron chi connectivity index (χ1n) is 7.14. The molecule has 0 aromatic carbocycles. The highest BCUT2D eigenvalue weighted by molar-refractivity contribution is 5.82. The number of hydrogen-bond donors (Lipinski definition) is 1. The maximum absolute atomic E-state index is 12.0. The molecule has 0 aromatic rings. The molecule has 110 valence electrons. The summed E-state index contributed by atoms with van der Waals surface area (Å²) in [6, 6.07) is 0. The fraction of sp³-hybridized carbons (Fsp3) is 0.857. The number of hydrogen-bond acceptors (Lipinski definition) is 5. The van der Waals surface area contributed by atoms with Gasteiger partial charge in [-0.25, -0.2) is 0 Å². The quantitative estimate of drug-likeness (QED) is 0.564. The van der Waals surface area contributed by atoms with Crippen LogP contribution >= 0.6 is 0 Å². The molecule has 1 N–H and O–H groups in total. The van der Waals surface area contributed by atoms with Crippen LogP contribution in [-0.4, -0.2) is 36.9 Å². The summed E-state index contributed by atoms with van der Waals surface area (Å²) in [5, 5.41) is 8.66. The van der Waals surface area contributed by atoms with Crippen LogP contribution in [0, 0.1) is 11.8 Å². The third kappa shape index (κ3) is 5.19. The van der Waals surface area contributed by atoms with E-state index in [0.717, 1.165) is 25.7 Å². The Labute approximate surface area is 114 Å². The molecule has 0 heterocycles. The van der Waals surface area contributed by atoms with Crippen molar-refractivity contribution >= 4 is 11.9 Å². The van der Waals surface area contributed by atoms with Gasteiger partial charge in [-0.3, -0.25) is 9.59 Å². The van der Waals surface area contributed by atoms with E-state index in [2.05, 4.69) is 0 Å². The van der Waals surface area contributed by atoms with Gasteiger partial charge in [0.25, 0.3) is 0 Å². The van der Waals surface area contributed by atoms with Crippen molar-refractivity contribution in [3.63, 3.8) is 0 Å². The third-order valence-electron chi connectivity index (χ3n) is 3.45. The standard InChI is InChI=1S/C14H24O5/c1-2-3-9-18-13(16)11-6-4-5-7-12(11)14(17)19-10-8-15/h11-12,15H,2-10H2,1H3. The monoisotopic (exact) mass is 272 g/mol. The molecule has 5 heteroatoms. The lowest BCUT2D eigenvalue weighted by Crippen LogP contribution is -2.35. The number of carbonyl (C=O) groups is 2. The van der Waals surface area contributed by atoms with Crippen LogP contribution in [0.3, 0.4) is 0 Å². The Hall–Kier alpha value is -1.10. The summed E-state index contributed by atoms with van der Waals surface area (Å²) in [4.78, 5) is 23.8. The molecule has 19 heavy (non-hydrogen) atoms. The minimum atomic E-state index is -0.408. The molecule has 1 rings (SSSR count). The van der Waals surface area contributed by atoms with Gasteiger partial charge in [-0.1, -0.05) is 26.2 Å². The third-order valence-corrected chi connectivity index (χ3v) is 3.45. The molecule has 1 aliphatic carbocycles. The smallest absolute Gasteiger partial charge is 0.309 e. The molecule has 1 saturated carbocycles. The largest absolute Gasteiger partial charge is 0.465 e. The molecule has 0 aliphatic heterocycles. The number of aliphatic hydroxyl groups excluding tert-OH is 1. The van der Waals surface area contributed by atoms with Gasteiger partial charge in [0, 0.05) is 0 Å². The molecule has 0 spiro atoms. The number of esters is 2. The minimum Gasteiger partial charge on any atom is -0.465 e. The van der Waals surface area contributed by atoms with Crippen molar-refractivity contribution in [2.24, 2.45) is 11.8 Å². The topological polar surface area (TPSA) is 72.8 Å². The van der Waals surface area contributed by atoms with E-state index in [1.807, 2.05) is 6.92 Å². The lowest BCUT2D eigenvalue weighted by Gasteiger charge is -2.28. The first kappa shape index (κ1) is 16.0. The van der Waals surface area contributed by atoms with Crippen molar-refractivity contribution in [3.05, 3.63) is 0 Å². The molecule has 2 unspecified atom stereocenters. The van der Waals surface area contributed by atoms with Crippen LogP contribution < -0.4 is 0 Å². The second kappa shape index (κ2) is 8.91. The van der Waals surface area contributed by atoms with Crippen LogP contribution in [0.25, 0.3) is 0 Å². The van der Waals surface area contributed by atoms with E-state index in [9.17, 15) is 9.59 Å². The zero-order chi connectivity index (χ0) is 14.1. The molecule has 0 aromatic heterocycles. The van der Waals surface area contributed by atoms with E-state index in [0.29, 0.717) is 19.4 Å². The van der Waals surface area contributed by atoms with E-state index in [1.165, 1.54) is 0 Å². The normalized spacial score (nSPS) is 22.8. The fourth-order valence-electron chi connectivity index (χ4n) is 2.37. The summed E-state index contributed by atoms with van der Waals surface area (Å²) in [6.45, 7) is 2.25. The highest BCUT2D eigenvalue weighted by Crippen LogP contribution is 2.32. The van der Waals surface area contributed by atoms with Gasteiger partial charge in [-0.2, -0.15) is 0 Å². The van der Waals surface area contributed by atoms with Crippen molar-refractivity contribution < 1.29 is 24.2 Å². The van der Waals surface area contributed by atoms with Crippen LogP contribution in [0.1, 0.15) is 45.4 Å². The van der Waals surface area contributed by atoms with E-state index < -0.39 is 5.92 Å². The average molecular weight is 272 g/mol. The zero-order valence-electron chi connectivity index (χ0n) is 11.6. The SMILES string of the molecule is CCCCOC(=O)C1CCCCC1C(=O)OCCO. The van der Waals surface area contributed by atoms with E-state index in [-0.39, 0.29) is 31.1 Å². The number of rotatable bonds is 7. The highest BCUT2D eigenvalue weighted by Gasteiger charge is 2.37. The number of ether oxygens (including phenoxy) is 2. The molecule has 0 radical (unpaired) electrons. The van der Waals surface area contributed by atoms with Gasteiger partial charge in [0.15, 0.2) is 0 Å². The predicted molar refractivity (Wildman–Crippen MR) is 69.4 cm³/mol. The Balaban J connectivity index is 2.51. The van der Waals surface area contributed by atoms with E-state index in [4.69, 9.17) is 14.6 Å². The maximum Gasteiger partial charge on any atom is 0.309 e. The summed E-state index contributed by atoms with van der Waals surface area (Å²) < 4.78 is 10.2. The molecule has 2 atom stereocenters. The van der Waals surface area contributed by atoms with Crippen molar-refractivity contribution in [1.82, 2.24) is 0 Å². The molecular weight excluding hydrogens is 248 g/mol. The average Bonchev–Trinajstić information content (AvgIpc) is 2.45. The molecule has 0 bridgehead atoms. The number of unbranched alkanes of at least 4 members (excludes halogenated alkanes) is 1. The molecule has 0 saturated heterocycles. The molecular formula is C14H24O5. The maximum atomic E-state index is 12.0. The molecule has 1 aliphatic rings. The van der Waals surface area contributed by atoms with Crippen molar-refractivity contribution in [2.75, 3.05) is 19.8 Å². The molecule has 5 nitrogen and oxygen atoms in total. The first-order chi connectivity index (χ1) is 9.20. The Morgan fingerprint density at radius 1 is 1.05 bits per heavy atom. The Morgan fingerprint density at radius 3 is 2.05 bits per heavy atom. The summed E-state index contributed by atoms with van der Waals surface area (Å²) in [7, 11) is 0. The van der Waals surface area contributed by atoms with Gasteiger partial charge in [-0.05, 0) is 19.3 Å². The first-order valence-corrected chi connectivity index (χ1v) is 7.14. The minimum absolute atomic E-state index is 0.00701. The van der Waals surface area contributed by atoms with Crippen LogP contribution in [0.15, 0.2) is 0 Å². The van der Waals surface area contributed by atoms with Crippen LogP contribution in [-0.2, 0) is 19.1 Å². The summed E-state index contributed by atoms with van der Waals surface area (Å²) in [5.74, 6) is -1.45. The number of aliphatic hydroxyl groups is 1. The van der Waals surface area contributed by atoms with Gasteiger partial charge in [-0.15, -0.1) is 0 Å². The van der Waals surface area contributed by atoms with E-state index in [1.54, 1.807) is 0 Å². The Bertz CT molecular complexity index is 290. The molecule has 0 amide bonds. The fourth-order valence-corrected chi connectivity index (χ4v) is 2.37. The van der Waals surface area contributed by atoms with Crippen LogP contribution in [0.2, 0.25) is 0 Å². The van der Waals surface area contributed by atoms with Gasteiger partial charge >= 0.3 is 11.9 Å². The van der Waals surface area contributed by atoms with Crippen LogP contribution in [0.5, 0.6) is 0 Å². The second-order valence-electron chi connectivity index (χ2n) is 4.91. The van der Waals surface area contributed by atoms with E-state index >= 15 is 0 Å². The predicted octanol–water partition coefficient (Wildman–Crippen LogP) is 1.67. The lowest BCUT2D eigenvalue weighted by molar-refractivity contribution is -0.163. The summed E-state index contributed by atoms with van der Waals surface area (Å²) >= 11 is 0. The zero-order valence-corrected chi connectivity index (χ0v) is 11.6. The lowest BCUT2D eigenvalue weighted by atomic mass is 9.79. The Morgan fingerprint density at radius 2 is 1.58 bits per heavy atom. The summed E-state index contributed by atoms with van der Waals surface area (Å²) in [6.07, 6.45) is 5.04. The second-order valence-corrected chi connectivity index (χ2v) is 4.91. The molecule has 1 fully saturated rings. The van der Waals surface area contributed by atoms with Crippen molar-refractivity contribution in [3.8, 4) is 0 Å². The van der Waals surface area contributed by atoms with Gasteiger partial charge in [0.2, 0.25) is 0 Å². The van der Waals surface area contributed by atoms with Crippen molar-refractivity contribution in [1.29, 1.82) is 0 Å². The van der Waals surface area contributed by atoms with Gasteiger partial charge in [0.1, 0.15) is 6.61 Å². The van der Waals surface area contributed by atoms with Gasteiger partial charge < -0.3 is 14.6 Å².